The second-order valence-corrected chi connectivity index (χ2v) is 8.01. The first-order valence-electron chi connectivity index (χ1n) is 10.2. The van der Waals surface area contributed by atoms with Crippen LogP contribution < -0.4 is 10.2 Å². The van der Waals surface area contributed by atoms with E-state index in [0.29, 0.717) is 18.4 Å². The number of anilines is 1. The van der Waals surface area contributed by atoms with Crippen LogP contribution in [0.1, 0.15) is 45.0 Å². The summed E-state index contributed by atoms with van der Waals surface area (Å²) in [5, 5.41) is 11.9. The van der Waals surface area contributed by atoms with Crippen LogP contribution in [-0.4, -0.2) is 43.6 Å². The number of amides is 1. The molecule has 0 aliphatic carbocycles. The molecule has 0 saturated carbocycles. The molecule has 2 atom stereocenters. The maximum absolute atomic E-state index is 13.2. The monoisotopic (exact) mass is 393 g/mol. The predicted octanol–water partition coefficient (Wildman–Crippen LogP) is 2.64. The van der Waals surface area contributed by atoms with Crippen molar-refractivity contribution in [3.05, 3.63) is 48.7 Å². The number of nitrogens with one attached hydrogen (secondary N) is 1. The highest BCUT2D eigenvalue weighted by atomic mass is 16.2. The van der Waals surface area contributed by atoms with Crippen LogP contribution in [0.3, 0.4) is 0 Å². The Bertz CT molecular complexity index is 956. The van der Waals surface area contributed by atoms with E-state index >= 15 is 0 Å². The number of hydrogen-bond acceptors (Lipinski definition) is 6. The van der Waals surface area contributed by atoms with Gasteiger partial charge in [0.2, 0.25) is 11.9 Å². The van der Waals surface area contributed by atoms with Crippen molar-refractivity contribution < 1.29 is 4.79 Å². The largest absolute Gasteiger partial charge is 0.346 e. The molecule has 8 heteroatoms. The minimum Gasteiger partial charge on any atom is -0.346 e. The topological polar surface area (TPSA) is 88.3 Å². The Kier molecular flexibility index (Phi) is 5.69. The molecular weight excluding hydrogens is 366 g/mol. The van der Waals surface area contributed by atoms with Gasteiger partial charge in [-0.25, -0.2) is 9.97 Å². The number of fused-ring (bicyclic) bond motifs is 1. The molecule has 0 radical (unpaired) electrons. The normalized spacial score (nSPS) is 18.2. The first-order valence-corrected chi connectivity index (χ1v) is 10.2. The lowest BCUT2D eigenvalue weighted by Crippen LogP contribution is -2.45. The Morgan fingerprint density at radius 3 is 2.83 bits per heavy atom. The van der Waals surface area contributed by atoms with E-state index < -0.39 is 0 Å². The van der Waals surface area contributed by atoms with Gasteiger partial charge in [0.15, 0.2) is 11.5 Å². The first kappa shape index (κ1) is 19.3. The van der Waals surface area contributed by atoms with Crippen LogP contribution in [0.2, 0.25) is 0 Å². The number of hydrogen-bond donors (Lipinski definition) is 1. The van der Waals surface area contributed by atoms with E-state index in [9.17, 15) is 4.79 Å². The van der Waals surface area contributed by atoms with Gasteiger partial charge >= 0.3 is 0 Å². The molecule has 8 nitrogen and oxygen atoms in total. The van der Waals surface area contributed by atoms with Crippen LogP contribution in [0.25, 0.3) is 5.65 Å². The van der Waals surface area contributed by atoms with Gasteiger partial charge in [-0.3, -0.25) is 9.20 Å². The van der Waals surface area contributed by atoms with Gasteiger partial charge in [0.05, 0.1) is 12.0 Å². The van der Waals surface area contributed by atoms with Crippen molar-refractivity contribution in [3.63, 3.8) is 0 Å². The van der Waals surface area contributed by atoms with E-state index in [-0.39, 0.29) is 17.9 Å². The van der Waals surface area contributed by atoms with Gasteiger partial charge in [0.25, 0.3) is 0 Å². The van der Waals surface area contributed by atoms with Gasteiger partial charge in [-0.2, -0.15) is 0 Å². The van der Waals surface area contributed by atoms with E-state index in [1.807, 2.05) is 28.8 Å². The van der Waals surface area contributed by atoms with Crippen molar-refractivity contribution in [2.24, 2.45) is 11.8 Å². The van der Waals surface area contributed by atoms with E-state index in [2.05, 4.69) is 44.2 Å². The molecule has 0 bridgehead atoms. The first-order chi connectivity index (χ1) is 14.1. The highest BCUT2D eigenvalue weighted by Gasteiger charge is 2.30. The Hall–Kier alpha value is -3.03. The molecule has 29 heavy (non-hydrogen) atoms. The summed E-state index contributed by atoms with van der Waals surface area (Å²) in [6.45, 7) is 5.80. The zero-order valence-corrected chi connectivity index (χ0v) is 16.9. The lowest BCUT2D eigenvalue weighted by Gasteiger charge is -2.32. The second kappa shape index (κ2) is 8.55. The van der Waals surface area contributed by atoms with Gasteiger partial charge < -0.3 is 10.2 Å². The summed E-state index contributed by atoms with van der Waals surface area (Å²) in [6.07, 6.45) is 8.03. The Morgan fingerprint density at radius 2 is 2.03 bits per heavy atom. The quantitative estimate of drug-likeness (QED) is 0.693. The summed E-state index contributed by atoms with van der Waals surface area (Å²) < 4.78 is 1.96. The highest BCUT2D eigenvalue weighted by molar-refractivity contribution is 5.80. The Morgan fingerprint density at radius 1 is 1.21 bits per heavy atom. The third-order valence-electron chi connectivity index (χ3n) is 5.30. The summed E-state index contributed by atoms with van der Waals surface area (Å²) >= 11 is 0. The lowest BCUT2D eigenvalue weighted by molar-refractivity contribution is -0.126. The smallest absolute Gasteiger partial charge is 0.225 e. The van der Waals surface area contributed by atoms with E-state index in [1.165, 1.54) is 0 Å². The maximum Gasteiger partial charge on any atom is 0.225 e. The molecule has 3 aromatic rings. The van der Waals surface area contributed by atoms with Gasteiger partial charge in [-0.05, 0) is 43.4 Å². The summed E-state index contributed by atoms with van der Waals surface area (Å²) in [5.74, 6) is 1.84. The van der Waals surface area contributed by atoms with Gasteiger partial charge in [0, 0.05) is 31.7 Å². The third kappa shape index (κ3) is 4.36. The fraction of sp³-hybridized carbons (Fsp3) is 0.476. The van der Waals surface area contributed by atoms with Crippen LogP contribution in [0.5, 0.6) is 0 Å². The van der Waals surface area contributed by atoms with Crippen molar-refractivity contribution in [2.45, 2.75) is 39.2 Å². The summed E-state index contributed by atoms with van der Waals surface area (Å²) in [5.41, 5.74) is 0.788. The average Bonchev–Trinajstić information content (AvgIpc) is 3.18. The number of carbonyl (C=O) groups is 1. The molecule has 1 amide bonds. The van der Waals surface area contributed by atoms with Crippen LogP contribution >= 0.6 is 0 Å². The highest BCUT2D eigenvalue weighted by Crippen LogP contribution is 2.24. The maximum atomic E-state index is 13.2. The molecule has 3 aromatic heterocycles. The molecule has 1 aliphatic rings. The lowest BCUT2D eigenvalue weighted by atomic mass is 9.96. The molecule has 1 saturated heterocycles. The molecular formula is C21H27N7O. The zero-order chi connectivity index (χ0) is 20.2. The molecule has 1 unspecified atom stereocenters. The molecule has 1 fully saturated rings. The molecule has 1 aliphatic heterocycles. The van der Waals surface area contributed by atoms with Crippen LogP contribution in [0, 0.1) is 11.8 Å². The van der Waals surface area contributed by atoms with Crippen molar-refractivity contribution in [2.75, 3.05) is 18.0 Å². The van der Waals surface area contributed by atoms with E-state index in [0.717, 1.165) is 37.3 Å². The minimum atomic E-state index is -0.178. The zero-order valence-electron chi connectivity index (χ0n) is 16.9. The van der Waals surface area contributed by atoms with Crippen molar-refractivity contribution >= 4 is 17.5 Å². The van der Waals surface area contributed by atoms with E-state index in [4.69, 9.17) is 0 Å². The SMILES string of the molecule is CC(C)C[C@H](NC(=O)C1CCCN(c2ncccn2)C1)c1nnc2ccccn12. The summed E-state index contributed by atoms with van der Waals surface area (Å²) in [6, 6.07) is 7.43. The number of pyridine rings is 1. The molecule has 4 rings (SSSR count). The Labute approximate surface area is 170 Å². The number of nitrogens with zero attached hydrogens (tertiary/aromatic N) is 6. The molecule has 152 valence electrons. The molecule has 0 spiro atoms. The predicted molar refractivity (Wildman–Crippen MR) is 110 cm³/mol. The standard InChI is InChI=1S/C21H27N7O/c1-15(2)13-17(19-26-25-18-8-3-4-12-28(18)19)24-20(29)16-7-5-11-27(14-16)21-22-9-6-10-23-21/h3-4,6,8-10,12,15-17H,5,7,11,13-14H2,1-2H3,(H,24,29)/t16?,17-/m0/s1. The molecule has 0 aromatic carbocycles. The number of carbonyl (C=O) groups excluding carboxylic acids is 1. The van der Waals surface area contributed by atoms with E-state index in [1.54, 1.807) is 18.5 Å². The van der Waals surface area contributed by atoms with Crippen molar-refractivity contribution in [3.8, 4) is 0 Å². The van der Waals surface area contributed by atoms with Crippen LogP contribution in [-0.2, 0) is 4.79 Å². The minimum absolute atomic E-state index is 0.0592. The fourth-order valence-electron chi connectivity index (χ4n) is 3.91. The van der Waals surface area contributed by atoms with Crippen LogP contribution in [0.15, 0.2) is 42.9 Å². The summed E-state index contributed by atoms with van der Waals surface area (Å²) in [4.78, 5) is 23.9. The Balaban J connectivity index is 1.50. The fourth-order valence-corrected chi connectivity index (χ4v) is 3.91. The van der Waals surface area contributed by atoms with Gasteiger partial charge in [-0.1, -0.05) is 19.9 Å². The molecule has 1 N–H and O–H groups in total. The third-order valence-corrected chi connectivity index (χ3v) is 5.30. The van der Waals surface area contributed by atoms with Crippen molar-refractivity contribution in [1.82, 2.24) is 29.9 Å². The average molecular weight is 393 g/mol. The van der Waals surface area contributed by atoms with Gasteiger partial charge in [-0.15, -0.1) is 10.2 Å². The van der Waals surface area contributed by atoms with Gasteiger partial charge in [0.1, 0.15) is 0 Å². The number of rotatable bonds is 6. The number of piperidine rings is 1. The van der Waals surface area contributed by atoms with Crippen LogP contribution in [0.4, 0.5) is 5.95 Å². The summed E-state index contributed by atoms with van der Waals surface area (Å²) in [7, 11) is 0. The number of aromatic nitrogens is 5. The molecule has 4 heterocycles. The van der Waals surface area contributed by atoms with Crippen molar-refractivity contribution in [1.29, 1.82) is 0 Å². The second-order valence-electron chi connectivity index (χ2n) is 8.01.